The molecule has 1 aliphatic heterocycles. The zero-order valence-electron chi connectivity index (χ0n) is 7.06. The smallest absolute Gasteiger partial charge is 0.256 e. The zero-order valence-corrected chi connectivity index (χ0v) is 7.88. The number of thioether (sulfide) groups is 1. The Hall–Kier alpha value is -0.940. The van der Waals surface area contributed by atoms with Gasteiger partial charge in [-0.05, 0) is 12.1 Å². The molecule has 0 spiro atoms. The van der Waals surface area contributed by atoms with Crippen molar-refractivity contribution in [2.24, 2.45) is 0 Å². The molecule has 1 amide bonds. The van der Waals surface area contributed by atoms with E-state index in [-0.39, 0.29) is 11.9 Å². The van der Waals surface area contributed by atoms with Crippen LogP contribution in [0.15, 0.2) is 24.5 Å². The van der Waals surface area contributed by atoms with Gasteiger partial charge in [-0.2, -0.15) is 0 Å². The minimum atomic E-state index is -0.0487. The standard InChI is InChI=1S/C8H11N3OS/c12-8(7-5-13-6-9-7)10-11-3-1-2-4-11/h1-4,7,9H,5-6H2,(H,10,12). The second-order valence-corrected chi connectivity index (χ2v) is 3.87. The van der Waals surface area contributed by atoms with Crippen molar-refractivity contribution in [1.29, 1.82) is 0 Å². The van der Waals surface area contributed by atoms with Crippen molar-refractivity contribution >= 4 is 17.7 Å². The van der Waals surface area contributed by atoms with Crippen LogP contribution in [-0.2, 0) is 4.79 Å². The first kappa shape index (κ1) is 8.65. The number of hydrogen-bond acceptors (Lipinski definition) is 3. The van der Waals surface area contributed by atoms with Gasteiger partial charge in [0.2, 0.25) is 0 Å². The van der Waals surface area contributed by atoms with E-state index in [4.69, 9.17) is 0 Å². The first-order valence-corrected chi connectivity index (χ1v) is 5.27. The molecule has 2 heterocycles. The van der Waals surface area contributed by atoms with Crippen molar-refractivity contribution < 1.29 is 4.79 Å². The third-order valence-electron chi connectivity index (χ3n) is 1.88. The second-order valence-electron chi connectivity index (χ2n) is 2.84. The van der Waals surface area contributed by atoms with Gasteiger partial charge in [0, 0.05) is 24.0 Å². The number of carbonyl (C=O) groups is 1. The van der Waals surface area contributed by atoms with Crippen molar-refractivity contribution in [2.45, 2.75) is 6.04 Å². The Labute approximate surface area is 80.7 Å². The fourth-order valence-corrected chi connectivity index (χ4v) is 2.12. The molecule has 1 aliphatic rings. The van der Waals surface area contributed by atoms with Gasteiger partial charge in [-0.3, -0.25) is 20.2 Å². The lowest BCUT2D eigenvalue weighted by molar-refractivity contribution is -0.118. The predicted molar refractivity (Wildman–Crippen MR) is 53.0 cm³/mol. The maximum absolute atomic E-state index is 11.5. The van der Waals surface area contributed by atoms with Gasteiger partial charge in [-0.1, -0.05) is 0 Å². The van der Waals surface area contributed by atoms with Gasteiger partial charge in [-0.15, -0.1) is 11.8 Å². The molecule has 1 aromatic heterocycles. The van der Waals surface area contributed by atoms with Crippen LogP contribution >= 0.6 is 11.8 Å². The van der Waals surface area contributed by atoms with Crippen LogP contribution in [0.1, 0.15) is 0 Å². The van der Waals surface area contributed by atoms with Crippen LogP contribution in [0.4, 0.5) is 0 Å². The minimum absolute atomic E-state index is 0.0289. The van der Waals surface area contributed by atoms with E-state index in [1.54, 1.807) is 28.8 Å². The van der Waals surface area contributed by atoms with Gasteiger partial charge in [0.25, 0.3) is 5.91 Å². The zero-order chi connectivity index (χ0) is 9.10. The molecule has 0 radical (unpaired) electrons. The van der Waals surface area contributed by atoms with Crippen molar-refractivity contribution in [3.8, 4) is 0 Å². The maximum atomic E-state index is 11.5. The Balaban J connectivity index is 1.91. The SMILES string of the molecule is O=C(Nn1cccc1)C1CSCN1. The molecule has 1 fully saturated rings. The minimum Gasteiger partial charge on any atom is -0.296 e. The average Bonchev–Trinajstić information content (AvgIpc) is 2.74. The molecule has 0 aliphatic carbocycles. The largest absolute Gasteiger partial charge is 0.296 e. The van der Waals surface area contributed by atoms with E-state index >= 15 is 0 Å². The third-order valence-corrected chi connectivity index (χ3v) is 2.82. The van der Waals surface area contributed by atoms with Crippen molar-refractivity contribution in [1.82, 2.24) is 9.99 Å². The predicted octanol–water partition coefficient (Wildman–Crippen LogP) is 0.221. The lowest BCUT2D eigenvalue weighted by atomic mass is 10.3. The number of hydrogen-bond donors (Lipinski definition) is 2. The van der Waals surface area contributed by atoms with Gasteiger partial charge in [0.1, 0.15) is 0 Å². The first-order valence-electron chi connectivity index (χ1n) is 4.11. The highest BCUT2D eigenvalue weighted by Crippen LogP contribution is 2.09. The molecule has 70 valence electrons. The normalized spacial score (nSPS) is 21.7. The Morgan fingerprint density at radius 3 is 2.92 bits per heavy atom. The molecule has 0 aromatic carbocycles. The monoisotopic (exact) mass is 197 g/mol. The molecule has 1 unspecified atom stereocenters. The van der Waals surface area contributed by atoms with Crippen LogP contribution in [0.25, 0.3) is 0 Å². The van der Waals surface area contributed by atoms with Gasteiger partial charge in [-0.25, -0.2) is 0 Å². The van der Waals surface area contributed by atoms with Crippen LogP contribution in [0.5, 0.6) is 0 Å². The number of carbonyl (C=O) groups excluding carboxylic acids is 1. The van der Waals surface area contributed by atoms with E-state index in [0.29, 0.717) is 0 Å². The van der Waals surface area contributed by atoms with E-state index in [2.05, 4.69) is 10.7 Å². The van der Waals surface area contributed by atoms with Crippen LogP contribution in [0.3, 0.4) is 0 Å². The summed E-state index contributed by atoms with van der Waals surface area (Å²) in [6, 6.07) is 3.70. The van der Waals surface area contributed by atoms with Crippen LogP contribution in [-0.4, -0.2) is 28.3 Å². The lowest BCUT2D eigenvalue weighted by Gasteiger charge is -2.10. The van der Waals surface area contributed by atoms with Gasteiger partial charge in [0.05, 0.1) is 6.04 Å². The van der Waals surface area contributed by atoms with Crippen molar-refractivity contribution in [3.63, 3.8) is 0 Å². The third kappa shape index (κ3) is 2.05. The number of rotatable bonds is 2. The fraction of sp³-hybridized carbons (Fsp3) is 0.375. The molecule has 2 N–H and O–H groups in total. The molecule has 1 aromatic rings. The van der Waals surface area contributed by atoms with E-state index in [0.717, 1.165) is 11.6 Å². The summed E-state index contributed by atoms with van der Waals surface area (Å²) in [5.74, 6) is 1.75. The first-order chi connectivity index (χ1) is 6.36. The highest BCUT2D eigenvalue weighted by molar-refractivity contribution is 7.99. The summed E-state index contributed by atoms with van der Waals surface area (Å²) in [5.41, 5.74) is 2.77. The van der Waals surface area contributed by atoms with Crippen LogP contribution in [0.2, 0.25) is 0 Å². The number of aromatic nitrogens is 1. The van der Waals surface area contributed by atoms with Crippen LogP contribution in [0, 0.1) is 0 Å². The summed E-state index contributed by atoms with van der Waals surface area (Å²) in [7, 11) is 0. The molecular formula is C8H11N3OS. The molecule has 5 heteroatoms. The summed E-state index contributed by atoms with van der Waals surface area (Å²) < 4.78 is 1.66. The van der Waals surface area contributed by atoms with E-state index in [1.807, 2.05) is 12.1 Å². The van der Waals surface area contributed by atoms with E-state index in [9.17, 15) is 4.79 Å². The summed E-state index contributed by atoms with van der Waals surface area (Å²) in [6.45, 7) is 0. The summed E-state index contributed by atoms with van der Waals surface area (Å²) in [5, 5.41) is 3.11. The van der Waals surface area contributed by atoms with Crippen molar-refractivity contribution in [3.05, 3.63) is 24.5 Å². The summed E-state index contributed by atoms with van der Waals surface area (Å²) >= 11 is 1.74. The lowest BCUT2D eigenvalue weighted by Crippen LogP contribution is -2.40. The number of amides is 1. The molecule has 1 saturated heterocycles. The van der Waals surface area contributed by atoms with Crippen molar-refractivity contribution in [2.75, 3.05) is 17.1 Å². The Morgan fingerprint density at radius 1 is 1.54 bits per heavy atom. The Kier molecular flexibility index (Phi) is 2.56. The molecule has 1 atom stereocenters. The average molecular weight is 197 g/mol. The van der Waals surface area contributed by atoms with Crippen LogP contribution < -0.4 is 10.7 Å². The topological polar surface area (TPSA) is 46.1 Å². The Morgan fingerprint density at radius 2 is 2.31 bits per heavy atom. The molecule has 0 saturated carbocycles. The van der Waals surface area contributed by atoms with Gasteiger partial charge in [0.15, 0.2) is 0 Å². The molecule has 4 nitrogen and oxygen atoms in total. The number of nitrogens with zero attached hydrogens (tertiary/aromatic N) is 1. The molecule has 0 bridgehead atoms. The van der Waals surface area contributed by atoms with E-state index < -0.39 is 0 Å². The van der Waals surface area contributed by atoms with Gasteiger partial charge < -0.3 is 0 Å². The summed E-state index contributed by atoms with van der Waals surface area (Å²) in [6.07, 6.45) is 3.61. The van der Waals surface area contributed by atoms with Gasteiger partial charge >= 0.3 is 0 Å². The molecule has 2 rings (SSSR count). The highest BCUT2D eigenvalue weighted by atomic mass is 32.2. The quantitative estimate of drug-likeness (QED) is 0.713. The maximum Gasteiger partial charge on any atom is 0.256 e. The highest BCUT2D eigenvalue weighted by Gasteiger charge is 2.22. The number of nitrogens with one attached hydrogen (secondary N) is 2. The fourth-order valence-electron chi connectivity index (χ4n) is 1.18. The Bertz CT molecular complexity index is 280. The second kappa shape index (κ2) is 3.85. The summed E-state index contributed by atoms with van der Waals surface area (Å²) in [4.78, 5) is 11.5. The molecular weight excluding hydrogens is 186 g/mol. The van der Waals surface area contributed by atoms with E-state index in [1.165, 1.54) is 0 Å². The molecule has 13 heavy (non-hydrogen) atoms.